The Kier molecular flexibility index (Phi) is 7.49. The Morgan fingerprint density at radius 1 is 0.921 bits per heavy atom. The molecule has 1 fully saturated rings. The van der Waals surface area contributed by atoms with Gasteiger partial charge in [-0.2, -0.15) is 13.2 Å². The van der Waals surface area contributed by atoms with Crippen molar-refractivity contribution in [1.82, 2.24) is 9.88 Å². The van der Waals surface area contributed by atoms with Gasteiger partial charge in [0, 0.05) is 25.3 Å². The molecule has 0 unspecified atom stereocenters. The zero-order valence-electron chi connectivity index (χ0n) is 21.1. The number of halogens is 3. The first-order valence-electron chi connectivity index (χ1n) is 13.1. The number of nitrogens with zero attached hydrogens (tertiary/aromatic N) is 3. The van der Waals surface area contributed by atoms with E-state index in [1.165, 1.54) is 17.7 Å². The molecule has 198 valence electrons. The lowest BCUT2D eigenvalue weighted by molar-refractivity contribution is -0.137. The largest absolute Gasteiger partial charge is 0.416 e. The molecule has 1 atom stereocenters. The summed E-state index contributed by atoms with van der Waals surface area (Å²) in [5.74, 6) is -0.409. The van der Waals surface area contributed by atoms with Gasteiger partial charge in [0.2, 0.25) is 5.91 Å². The molecule has 5 nitrogen and oxygen atoms in total. The summed E-state index contributed by atoms with van der Waals surface area (Å²) in [4.78, 5) is 35.0. The maximum Gasteiger partial charge on any atom is 0.416 e. The van der Waals surface area contributed by atoms with Gasteiger partial charge < -0.3 is 9.80 Å². The van der Waals surface area contributed by atoms with Gasteiger partial charge in [-0.25, -0.2) is 0 Å². The van der Waals surface area contributed by atoms with E-state index in [0.717, 1.165) is 43.5 Å². The van der Waals surface area contributed by atoms with E-state index in [4.69, 9.17) is 0 Å². The van der Waals surface area contributed by atoms with Crippen LogP contribution in [0.1, 0.15) is 58.4 Å². The van der Waals surface area contributed by atoms with Crippen LogP contribution >= 0.6 is 0 Å². The summed E-state index contributed by atoms with van der Waals surface area (Å²) in [7, 11) is 0. The number of hydrogen-bond donors (Lipinski definition) is 0. The number of rotatable bonds is 5. The van der Waals surface area contributed by atoms with Crippen LogP contribution in [0.25, 0.3) is 0 Å². The summed E-state index contributed by atoms with van der Waals surface area (Å²) in [5.41, 5.74) is 2.45. The number of carbonyl (C=O) groups is 2. The van der Waals surface area contributed by atoms with Gasteiger partial charge in [0.05, 0.1) is 28.9 Å². The van der Waals surface area contributed by atoms with Crippen molar-refractivity contribution in [3.8, 4) is 0 Å². The van der Waals surface area contributed by atoms with E-state index in [9.17, 15) is 22.8 Å². The summed E-state index contributed by atoms with van der Waals surface area (Å²) in [6.07, 6.45) is 2.07. The number of fused-ring (bicyclic) bond motifs is 1. The van der Waals surface area contributed by atoms with Crippen molar-refractivity contribution in [3.05, 3.63) is 94.8 Å². The Bertz CT molecular complexity index is 1310. The van der Waals surface area contributed by atoms with Gasteiger partial charge in [-0.05, 0) is 61.8 Å². The molecule has 2 aliphatic heterocycles. The number of pyridine rings is 1. The summed E-state index contributed by atoms with van der Waals surface area (Å²) < 4.78 is 39.4. The predicted molar refractivity (Wildman–Crippen MR) is 139 cm³/mol. The molecular formula is C30H30F3N3O2. The molecule has 0 aliphatic carbocycles. The summed E-state index contributed by atoms with van der Waals surface area (Å²) in [5, 5.41) is 0. The third kappa shape index (κ3) is 5.74. The van der Waals surface area contributed by atoms with Crippen LogP contribution in [0.15, 0.2) is 66.9 Å². The van der Waals surface area contributed by atoms with E-state index < -0.39 is 11.7 Å². The summed E-state index contributed by atoms with van der Waals surface area (Å²) >= 11 is 0. The number of piperidine rings is 1. The number of carbonyl (C=O) groups excluding carboxylic acids is 2. The number of amides is 2. The molecule has 2 aliphatic rings. The van der Waals surface area contributed by atoms with Gasteiger partial charge in [-0.1, -0.05) is 48.5 Å². The van der Waals surface area contributed by atoms with Crippen LogP contribution in [0.4, 0.5) is 18.9 Å². The first kappa shape index (κ1) is 25.9. The topological polar surface area (TPSA) is 53.5 Å². The highest BCUT2D eigenvalue weighted by Gasteiger charge is 2.32. The minimum atomic E-state index is -4.47. The Labute approximate surface area is 220 Å². The number of likely N-dealkylation sites (tertiary alicyclic amines) is 1. The van der Waals surface area contributed by atoms with Gasteiger partial charge >= 0.3 is 6.18 Å². The maximum atomic E-state index is 13.7. The third-order valence-electron chi connectivity index (χ3n) is 7.39. The molecule has 0 bridgehead atoms. The highest BCUT2D eigenvalue weighted by Crippen LogP contribution is 2.31. The molecule has 1 saturated heterocycles. The van der Waals surface area contributed by atoms with Crippen molar-refractivity contribution in [1.29, 1.82) is 0 Å². The molecule has 8 heteroatoms. The van der Waals surface area contributed by atoms with Gasteiger partial charge in [0.15, 0.2) is 0 Å². The highest BCUT2D eigenvalue weighted by atomic mass is 19.4. The second kappa shape index (κ2) is 11.0. The van der Waals surface area contributed by atoms with Gasteiger partial charge in [-0.3, -0.25) is 14.6 Å². The minimum Gasteiger partial charge on any atom is -0.335 e. The van der Waals surface area contributed by atoms with Crippen molar-refractivity contribution >= 4 is 17.5 Å². The molecule has 38 heavy (non-hydrogen) atoms. The Hall–Kier alpha value is -3.68. The number of hydrogen-bond acceptors (Lipinski definition) is 3. The van der Waals surface area contributed by atoms with Crippen molar-refractivity contribution in [2.24, 2.45) is 0 Å². The van der Waals surface area contributed by atoms with Crippen LogP contribution in [-0.4, -0.2) is 40.8 Å². The van der Waals surface area contributed by atoms with E-state index in [1.807, 2.05) is 23.1 Å². The van der Waals surface area contributed by atoms with Gasteiger partial charge in [0.25, 0.3) is 5.91 Å². The lowest BCUT2D eigenvalue weighted by Gasteiger charge is -2.36. The van der Waals surface area contributed by atoms with Crippen LogP contribution in [0.3, 0.4) is 0 Å². The Morgan fingerprint density at radius 3 is 2.50 bits per heavy atom. The second-order valence-electron chi connectivity index (χ2n) is 10.1. The standard InChI is InChI=1S/C30H30F3N3O2/c31-30(32,33)24-11-6-10-22(16-24)18-28(37)36-15-7-13-26-27(36)19-23(20-34-26)29(38)35-14-5-4-12-25(35)17-21-8-2-1-3-9-21/h1-3,6,8-11,16,19-20,25H,4-5,7,12-15,17-18H2/t25-/m1/s1. The van der Waals surface area contributed by atoms with E-state index >= 15 is 0 Å². The fourth-order valence-corrected chi connectivity index (χ4v) is 5.47. The number of alkyl halides is 3. The molecule has 5 rings (SSSR count). The monoisotopic (exact) mass is 521 g/mol. The van der Waals surface area contributed by atoms with E-state index in [0.29, 0.717) is 42.7 Å². The van der Waals surface area contributed by atoms with Crippen molar-refractivity contribution in [2.45, 2.75) is 57.2 Å². The average Bonchev–Trinajstić information content (AvgIpc) is 2.92. The van der Waals surface area contributed by atoms with Crippen molar-refractivity contribution in [3.63, 3.8) is 0 Å². The zero-order chi connectivity index (χ0) is 26.7. The number of aromatic nitrogens is 1. The second-order valence-corrected chi connectivity index (χ2v) is 10.1. The lowest BCUT2D eigenvalue weighted by atomic mass is 9.94. The molecule has 2 amide bonds. The summed E-state index contributed by atoms with van der Waals surface area (Å²) in [6, 6.07) is 16.8. The quantitative estimate of drug-likeness (QED) is 0.423. The van der Waals surface area contributed by atoms with Gasteiger partial charge in [-0.15, -0.1) is 0 Å². The smallest absolute Gasteiger partial charge is 0.335 e. The normalized spacial score (nSPS) is 17.7. The van der Waals surface area contributed by atoms with E-state index in [1.54, 1.807) is 17.2 Å². The molecule has 3 aromatic rings. The van der Waals surface area contributed by atoms with Gasteiger partial charge in [0.1, 0.15) is 0 Å². The fourth-order valence-electron chi connectivity index (χ4n) is 5.47. The van der Waals surface area contributed by atoms with E-state index in [2.05, 4.69) is 17.1 Å². The van der Waals surface area contributed by atoms with Crippen LogP contribution in [0.2, 0.25) is 0 Å². The van der Waals surface area contributed by atoms with Crippen LogP contribution < -0.4 is 4.90 Å². The fraction of sp³-hybridized carbons (Fsp3) is 0.367. The first-order valence-corrected chi connectivity index (χ1v) is 13.1. The molecule has 0 radical (unpaired) electrons. The SMILES string of the molecule is O=C(Cc1cccc(C(F)(F)F)c1)N1CCCc2ncc(C(=O)N3CCCC[C@@H]3Cc3ccccc3)cc21. The maximum absolute atomic E-state index is 13.7. The van der Waals surface area contributed by atoms with Crippen LogP contribution in [-0.2, 0) is 30.2 Å². The Morgan fingerprint density at radius 2 is 1.71 bits per heavy atom. The number of anilines is 1. The average molecular weight is 522 g/mol. The molecule has 0 saturated carbocycles. The number of aryl methyl sites for hydroxylation is 1. The molecule has 0 N–H and O–H groups in total. The summed E-state index contributed by atoms with van der Waals surface area (Å²) in [6.45, 7) is 1.11. The molecule has 3 heterocycles. The third-order valence-corrected chi connectivity index (χ3v) is 7.39. The molecule has 0 spiro atoms. The van der Waals surface area contributed by atoms with Crippen molar-refractivity contribution < 1.29 is 22.8 Å². The Balaban J connectivity index is 1.36. The van der Waals surface area contributed by atoms with Crippen LogP contribution in [0, 0.1) is 0 Å². The molecule has 1 aromatic heterocycles. The highest BCUT2D eigenvalue weighted by molar-refractivity contribution is 5.99. The predicted octanol–water partition coefficient (Wildman–Crippen LogP) is 5.86. The number of benzene rings is 2. The zero-order valence-corrected chi connectivity index (χ0v) is 21.1. The van der Waals surface area contributed by atoms with Crippen LogP contribution in [0.5, 0.6) is 0 Å². The van der Waals surface area contributed by atoms with E-state index in [-0.39, 0.29) is 24.3 Å². The lowest BCUT2D eigenvalue weighted by Crippen LogP contribution is -2.45. The van der Waals surface area contributed by atoms with Crippen molar-refractivity contribution in [2.75, 3.05) is 18.0 Å². The minimum absolute atomic E-state index is 0.0910. The first-order chi connectivity index (χ1) is 18.3. The molecule has 2 aromatic carbocycles. The molecular weight excluding hydrogens is 491 g/mol.